The molecule has 0 unspecified atom stereocenters. The molecule has 0 radical (unpaired) electrons. The summed E-state index contributed by atoms with van der Waals surface area (Å²) in [4.78, 5) is 1.91. The van der Waals surface area contributed by atoms with Gasteiger partial charge in [0.2, 0.25) is 0 Å². The standard InChI is InChI=1S/C12H15BrN2O2S3/c1-8-3-12(19-11(8)5-14)20(16,17)15(2)6-10-4-9(13)7-18-10/h3-4,7H,5-6,14H2,1-2H3. The maximum Gasteiger partial charge on any atom is 0.252 e. The molecule has 0 bridgehead atoms. The Morgan fingerprint density at radius 1 is 1.40 bits per heavy atom. The van der Waals surface area contributed by atoms with Crippen molar-refractivity contribution in [1.82, 2.24) is 4.31 Å². The molecule has 0 saturated heterocycles. The van der Waals surface area contributed by atoms with Gasteiger partial charge < -0.3 is 5.73 Å². The first kappa shape index (κ1) is 16.1. The normalized spacial score (nSPS) is 12.2. The lowest BCUT2D eigenvalue weighted by Gasteiger charge is -2.14. The monoisotopic (exact) mass is 394 g/mol. The fourth-order valence-electron chi connectivity index (χ4n) is 1.71. The van der Waals surface area contributed by atoms with Gasteiger partial charge in [0, 0.05) is 39.7 Å². The second-order valence-corrected chi connectivity index (χ2v) is 9.69. The average molecular weight is 395 g/mol. The fraction of sp³-hybridized carbons (Fsp3) is 0.333. The molecule has 2 aromatic rings. The number of hydrogen-bond acceptors (Lipinski definition) is 5. The van der Waals surface area contributed by atoms with Crippen LogP contribution in [0.5, 0.6) is 0 Å². The molecule has 20 heavy (non-hydrogen) atoms. The van der Waals surface area contributed by atoms with E-state index in [0.717, 1.165) is 19.8 Å². The maximum absolute atomic E-state index is 12.5. The number of halogens is 1. The SMILES string of the molecule is Cc1cc(S(=O)(=O)N(C)Cc2cc(Br)cs2)sc1CN. The van der Waals surface area contributed by atoms with E-state index in [1.165, 1.54) is 27.0 Å². The quantitative estimate of drug-likeness (QED) is 0.846. The van der Waals surface area contributed by atoms with Crippen molar-refractivity contribution in [2.24, 2.45) is 5.73 Å². The molecule has 2 N–H and O–H groups in total. The van der Waals surface area contributed by atoms with Crippen molar-refractivity contribution >= 4 is 48.6 Å². The first-order valence-corrected chi connectivity index (χ1v) is 9.76. The zero-order valence-electron chi connectivity index (χ0n) is 11.1. The van der Waals surface area contributed by atoms with Crippen molar-refractivity contribution < 1.29 is 8.42 Å². The predicted molar refractivity (Wildman–Crippen MR) is 87.6 cm³/mol. The molecular formula is C12H15BrN2O2S3. The summed E-state index contributed by atoms with van der Waals surface area (Å²) in [5.41, 5.74) is 6.54. The molecule has 0 fully saturated rings. The van der Waals surface area contributed by atoms with Crippen LogP contribution in [0, 0.1) is 6.92 Å². The highest BCUT2D eigenvalue weighted by atomic mass is 79.9. The van der Waals surface area contributed by atoms with Gasteiger partial charge in [0.15, 0.2) is 0 Å². The third-order valence-corrected chi connectivity index (χ3v) is 8.04. The number of hydrogen-bond donors (Lipinski definition) is 1. The van der Waals surface area contributed by atoms with E-state index >= 15 is 0 Å². The van der Waals surface area contributed by atoms with E-state index in [9.17, 15) is 8.42 Å². The van der Waals surface area contributed by atoms with E-state index < -0.39 is 10.0 Å². The average Bonchev–Trinajstić information content (AvgIpc) is 2.95. The third kappa shape index (κ3) is 3.32. The Kier molecular flexibility index (Phi) is 5.04. The molecule has 2 aromatic heterocycles. The topological polar surface area (TPSA) is 63.4 Å². The second kappa shape index (κ2) is 6.25. The first-order valence-electron chi connectivity index (χ1n) is 5.83. The summed E-state index contributed by atoms with van der Waals surface area (Å²) in [5, 5.41) is 1.94. The lowest BCUT2D eigenvalue weighted by molar-refractivity contribution is 0.471. The van der Waals surface area contributed by atoms with Gasteiger partial charge in [-0.1, -0.05) is 0 Å². The summed E-state index contributed by atoms with van der Waals surface area (Å²) in [5.74, 6) is 0. The van der Waals surface area contributed by atoms with Crippen LogP contribution in [0.15, 0.2) is 26.2 Å². The van der Waals surface area contributed by atoms with Crippen molar-refractivity contribution in [2.75, 3.05) is 7.05 Å². The molecular weight excluding hydrogens is 380 g/mol. The lowest BCUT2D eigenvalue weighted by atomic mass is 10.3. The van der Waals surface area contributed by atoms with Gasteiger partial charge in [-0.2, -0.15) is 4.31 Å². The van der Waals surface area contributed by atoms with E-state index in [-0.39, 0.29) is 0 Å². The van der Waals surface area contributed by atoms with Crippen LogP contribution in [-0.2, 0) is 23.1 Å². The molecule has 0 aliphatic heterocycles. The summed E-state index contributed by atoms with van der Waals surface area (Å²) in [6.07, 6.45) is 0. The van der Waals surface area contributed by atoms with Crippen LogP contribution in [-0.4, -0.2) is 19.8 Å². The minimum absolute atomic E-state index is 0.355. The molecule has 0 aliphatic rings. The molecule has 2 heterocycles. The molecule has 2 rings (SSSR count). The van der Waals surface area contributed by atoms with Crippen molar-refractivity contribution in [1.29, 1.82) is 0 Å². The summed E-state index contributed by atoms with van der Waals surface area (Å²) < 4.78 is 27.7. The maximum atomic E-state index is 12.5. The van der Waals surface area contributed by atoms with Gasteiger partial charge in [-0.3, -0.25) is 0 Å². The highest BCUT2D eigenvalue weighted by Gasteiger charge is 2.24. The van der Waals surface area contributed by atoms with Crippen LogP contribution in [0.1, 0.15) is 15.3 Å². The number of nitrogens with zero attached hydrogens (tertiary/aromatic N) is 1. The Labute approximate surface area is 135 Å². The van der Waals surface area contributed by atoms with Gasteiger partial charge in [-0.15, -0.1) is 22.7 Å². The Balaban J connectivity index is 2.24. The molecule has 0 amide bonds. The molecule has 0 saturated carbocycles. The van der Waals surface area contributed by atoms with E-state index in [0.29, 0.717) is 17.3 Å². The smallest absolute Gasteiger partial charge is 0.252 e. The minimum Gasteiger partial charge on any atom is -0.326 e. The van der Waals surface area contributed by atoms with Gasteiger partial charge in [0.05, 0.1) is 0 Å². The molecule has 0 spiro atoms. The van der Waals surface area contributed by atoms with Crippen molar-refractivity contribution in [3.63, 3.8) is 0 Å². The van der Waals surface area contributed by atoms with Crippen LogP contribution < -0.4 is 5.73 Å². The molecule has 0 atom stereocenters. The van der Waals surface area contributed by atoms with Gasteiger partial charge in [0.1, 0.15) is 4.21 Å². The minimum atomic E-state index is -3.45. The Morgan fingerprint density at radius 2 is 2.10 bits per heavy atom. The van der Waals surface area contributed by atoms with E-state index in [1.54, 1.807) is 13.1 Å². The number of nitrogens with two attached hydrogens (primary N) is 1. The van der Waals surface area contributed by atoms with Crippen LogP contribution >= 0.6 is 38.6 Å². The Morgan fingerprint density at radius 3 is 2.60 bits per heavy atom. The van der Waals surface area contributed by atoms with Crippen molar-refractivity contribution in [3.8, 4) is 0 Å². The molecule has 4 nitrogen and oxygen atoms in total. The van der Waals surface area contributed by atoms with Crippen LogP contribution in [0.4, 0.5) is 0 Å². The first-order chi connectivity index (χ1) is 9.34. The predicted octanol–water partition coefficient (Wildman–Crippen LogP) is 3.16. The molecule has 110 valence electrons. The Hall–Kier alpha value is -0.250. The van der Waals surface area contributed by atoms with E-state index in [2.05, 4.69) is 15.9 Å². The fourth-order valence-corrected chi connectivity index (χ4v) is 6.13. The molecule has 0 aliphatic carbocycles. The summed E-state index contributed by atoms with van der Waals surface area (Å²) >= 11 is 6.15. The van der Waals surface area contributed by atoms with Gasteiger partial charge in [-0.05, 0) is 40.5 Å². The Bertz CT molecular complexity index is 706. The van der Waals surface area contributed by atoms with E-state index in [1.807, 2.05) is 18.4 Å². The summed E-state index contributed by atoms with van der Waals surface area (Å²) in [7, 11) is -1.85. The number of sulfonamides is 1. The van der Waals surface area contributed by atoms with Gasteiger partial charge in [-0.25, -0.2) is 8.42 Å². The third-order valence-electron chi connectivity index (χ3n) is 2.85. The highest BCUT2D eigenvalue weighted by Crippen LogP contribution is 2.29. The van der Waals surface area contributed by atoms with Crippen LogP contribution in [0.2, 0.25) is 0 Å². The number of thiophene rings is 2. The van der Waals surface area contributed by atoms with Crippen LogP contribution in [0.3, 0.4) is 0 Å². The lowest BCUT2D eigenvalue weighted by Crippen LogP contribution is -2.25. The van der Waals surface area contributed by atoms with Crippen molar-refractivity contribution in [2.45, 2.75) is 24.2 Å². The van der Waals surface area contributed by atoms with Crippen molar-refractivity contribution in [3.05, 3.63) is 37.3 Å². The second-order valence-electron chi connectivity index (χ2n) is 4.37. The van der Waals surface area contributed by atoms with Gasteiger partial charge >= 0.3 is 0 Å². The van der Waals surface area contributed by atoms with Gasteiger partial charge in [0.25, 0.3) is 10.0 Å². The number of aryl methyl sites for hydroxylation is 1. The molecule has 0 aromatic carbocycles. The van der Waals surface area contributed by atoms with Crippen LogP contribution in [0.25, 0.3) is 0 Å². The number of rotatable bonds is 5. The van der Waals surface area contributed by atoms with E-state index in [4.69, 9.17) is 5.73 Å². The summed E-state index contributed by atoms with van der Waals surface area (Å²) in [6, 6.07) is 3.63. The largest absolute Gasteiger partial charge is 0.326 e. The molecule has 8 heteroatoms. The zero-order chi connectivity index (χ0) is 14.9. The zero-order valence-corrected chi connectivity index (χ0v) is 15.1. The highest BCUT2D eigenvalue weighted by molar-refractivity contribution is 9.10. The summed E-state index contributed by atoms with van der Waals surface area (Å²) in [6.45, 7) is 2.62.